The monoisotopic (exact) mass is 522 g/mol. The van der Waals surface area contributed by atoms with E-state index < -0.39 is 17.4 Å². The first-order valence-electron chi connectivity index (χ1n) is 11.3. The van der Waals surface area contributed by atoms with E-state index in [1.807, 2.05) is 54.6 Å². The van der Waals surface area contributed by atoms with Crippen LogP contribution in [0.3, 0.4) is 0 Å². The van der Waals surface area contributed by atoms with Gasteiger partial charge in [-0.3, -0.25) is 9.78 Å². The van der Waals surface area contributed by atoms with Crippen LogP contribution in [-0.2, 0) is 21.4 Å². The van der Waals surface area contributed by atoms with Crippen molar-refractivity contribution >= 4 is 27.8 Å². The van der Waals surface area contributed by atoms with E-state index in [1.165, 1.54) is 0 Å². The van der Waals surface area contributed by atoms with E-state index in [0.717, 1.165) is 45.3 Å². The van der Waals surface area contributed by atoms with Crippen molar-refractivity contribution in [2.45, 2.75) is 43.6 Å². The Balaban J connectivity index is 1.52. The average Bonchev–Trinajstić information content (AvgIpc) is 3.35. The lowest BCUT2D eigenvalue weighted by Crippen LogP contribution is -2.50. The van der Waals surface area contributed by atoms with Crippen LogP contribution in [0.25, 0.3) is 11.1 Å². The van der Waals surface area contributed by atoms with Gasteiger partial charge in [0.2, 0.25) is 5.91 Å². The van der Waals surface area contributed by atoms with Crippen LogP contribution in [0.4, 0.5) is 0 Å². The number of carboxylic acids is 1. The maximum Gasteiger partial charge on any atom is 0.326 e. The van der Waals surface area contributed by atoms with E-state index in [9.17, 15) is 14.7 Å². The number of ether oxygens (including phenoxy) is 1. The molecule has 34 heavy (non-hydrogen) atoms. The van der Waals surface area contributed by atoms with Crippen molar-refractivity contribution in [3.63, 3.8) is 0 Å². The summed E-state index contributed by atoms with van der Waals surface area (Å²) in [5.41, 5.74) is 2.84. The highest BCUT2D eigenvalue weighted by Crippen LogP contribution is 2.42. The number of nitrogens with one attached hydrogen (secondary N) is 1. The summed E-state index contributed by atoms with van der Waals surface area (Å²) in [6, 6.07) is 16.3. The van der Waals surface area contributed by atoms with Gasteiger partial charge in [-0.15, -0.1) is 0 Å². The molecule has 1 fully saturated rings. The molecule has 0 bridgehead atoms. The summed E-state index contributed by atoms with van der Waals surface area (Å²) in [6.45, 7) is 0. The number of aliphatic carboxylic acids is 1. The number of aromatic nitrogens is 1. The molecule has 176 valence electrons. The van der Waals surface area contributed by atoms with Gasteiger partial charge in [0.25, 0.3) is 0 Å². The van der Waals surface area contributed by atoms with Gasteiger partial charge in [0.05, 0.1) is 12.5 Å². The largest absolute Gasteiger partial charge is 0.496 e. The van der Waals surface area contributed by atoms with Gasteiger partial charge in [-0.1, -0.05) is 55.3 Å². The number of amides is 1. The molecule has 1 atom stereocenters. The van der Waals surface area contributed by atoms with Crippen LogP contribution in [-0.4, -0.2) is 35.1 Å². The molecule has 6 nitrogen and oxygen atoms in total. The molecule has 1 aliphatic carbocycles. The number of nitrogens with zero attached hydrogens (tertiary/aromatic N) is 1. The van der Waals surface area contributed by atoms with Gasteiger partial charge >= 0.3 is 5.97 Å². The fraction of sp³-hybridized carbons (Fsp3) is 0.296. The van der Waals surface area contributed by atoms with Crippen LogP contribution >= 0.6 is 15.9 Å². The quantitative estimate of drug-likeness (QED) is 0.427. The zero-order chi connectivity index (χ0) is 24.1. The second kappa shape index (κ2) is 10.4. The Morgan fingerprint density at radius 2 is 1.82 bits per heavy atom. The summed E-state index contributed by atoms with van der Waals surface area (Å²) in [5, 5.41) is 12.7. The maximum absolute atomic E-state index is 13.5. The molecule has 1 heterocycles. The zero-order valence-corrected chi connectivity index (χ0v) is 20.5. The van der Waals surface area contributed by atoms with Gasteiger partial charge < -0.3 is 15.2 Å². The Morgan fingerprint density at radius 3 is 2.47 bits per heavy atom. The molecule has 1 aromatic heterocycles. The predicted molar refractivity (Wildman–Crippen MR) is 134 cm³/mol. The van der Waals surface area contributed by atoms with Crippen molar-refractivity contribution in [3.05, 3.63) is 82.6 Å². The first kappa shape index (κ1) is 24.0. The summed E-state index contributed by atoms with van der Waals surface area (Å²) >= 11 is 3.44. The number of hydrogen-bond acceptors (Lipinski definition) is 4. The molecule has 1 amide bonds. The van der Waals surface area contributed by atoms with Crippen LogP contribution in [0.2, 0.25) is 0 Å². The maximum atomic E-state index is 13.5. The lowest BCUT2D eigenvalue weighted by atomic mass is 9.78. The van der Waals surface area contributed by atoms with Crippen LogP contribution in [0.5, 0.6) is 5.75 Å². The molecule has 1 saturated carbocycles. The molecule has 0 spiro atoms. The summed E-state index contributed by atoms with van der Waals surface area (Å²) in [5.74, 6) is -0.527. The minimum atomic E-state index is -1.05. The molecule has 2 aromatic carbocycles. The molecule has 4 rings (SSSR count). The van der Waals surface area contributed by atoms with Gasteiger partial charge in [-0.25, -0.2) is 4.79 Å². The van der Waals surface area contributed by atoms with Gasteiger partial charge in [0.15, 0.2) is 0 Å². The number of benzene rings is 2. The van der Waals surface area contributed by atoms with Crippen molar-refractivity contribution in [2.24, 2.45) is 0 Å². The van der Waals surface area contributed by atoms with Crippen molar-refractivity contribution in [2.75, 3.05) is 7.11 Å². The number of para-hydroxylation sites is 1. The third kappa shape index (κ3) is 4.99. The number of methoxy groups -OCH3 is 1. The summed E-state index contributed by atoms with van der Waals surface area (Å²) in [7, 11) is 1.63. The highest BCUT2D eigenvalue weighted by molar-refractivity contribution is 9.10. The first-order chi connectivity index (χ1) is 16.4. The van der Waals surface area contributed by atoms with Crippen LogP contribution in [0.1, 0.15) is 36.8 Å². The molecule has 7 heteroatoms. The fourth-order valence-corrected chi connectivity index (χ4v) is 5.10. The number of hydrogen-bond donors (Lipinski definition) is 2. The Morgan fingerprint density at radius 1 is 1.12 bits per heavy atom. The SMILES string of the molecule is COc1ccccc1-c1ccc(C[C@H](NC(=O)C2(c3cncc(Br)c3)CCCC2)C(=O)O)cc1. The van der Waals surface area contributed by atoms with E-state index >= 15 is 0 Å². The number of rotatable bonds is 8. The van der Waals surface area contributed by atoms with Crippen LogP contribution in [0.15, 0.2) is 71.5 Å². The first-order valence-corrected chi connectivity index (χ1v) is 12.1. The topological polar surface area (TPSA) is 88.5 Å². The molecular formula is C27H27BrN2O4. The Bertz CT molecular complexity index is 1170. The molecule has 0 saturated heterocycles. The average molecular weight is 523 g/mol. The summed E-state index contributed by atoms with van der Waals surface area (Å²) in [6.07, 6.45) is 6.78. The number of carbonyl (C=O) groups is 2. The Labute approximate surface area is 207 Å². The lowest BCUT2D eigenvalue weighted by Gasteiger charge is -2.30. The second-order valence-electron chi connectivity index (χ2n) is 8.65. The smallest absolute Gasteiger partial charge is 0.326 e. The molecule has 0 radical (unpaired) electrons. The van der Waals surface area contributed by atoms with Crippen molar-refractivity contribution in [3.8, 4) is 16.9 Å². The minimum absolute atomic E-state index is 0.195. The van der Waals surface area contributed by atoms with E-state index in [-0.39, 0.29) is 12.3 Å². The number of pyridine rings is 1. The molecule has 0 unspecified atom stereocenters. The number of carbonyl (C=O) groups excluding carboxylic acids is 1. The Kier molecular flexibility index (Phi) is 7.32. The second-order valence-corrected chi connectivity index (χ2v) is 9.56. The third-order valence-corrected chi connectivity index (χ3v) is 7.00. The van der Waals surface area contributed by atoms with E-state index in [2.05, 4.69) is 26.2 Å². The van der Waals surface area contributed by atoms with Gasteiger partial charge in [-0.2, -0.15) is 0 Å². The summed E-state index contributed by atoms with van der Waals surface area (Å²) in [4.78, 5) is 29.8. The predicted octanol–water partition coefficient (Wildman–Crippen LogP) is 5.14. The number of carboxylic acid groups (broad SMARTS) is 1. The van der Waals surface area contributed by atoms with E-state index in [0.29, 0.717) is 12.8 Å². The summed E-state index contributed by atoms with van der Waals surface area (Å²) < 4.78 is 6.24. The number of halogens is 1. The van der Waals surface area contributed by atoms with E-state index in [1.54, 1.807) is 19.5 Å². The van der Waals surface area contributed by atoms with Gasteiger partial charge in [-0.05, 0) is 57.6 Å². The normalized spacial score (nSPS) is 15.5. The standard InChI is InChI=1S/C27H27BrN2O4/c1-34-24-7-3-2-6-22(24)19-10-8-18(9-11-19)14-23(25(31)32)30-26(33)27(12-4-5-13-27)20-15-21(28)17-29-16-20/h2-3,6-11,15-17,23H,4-5,12-14H2,1H3,(H,30,33)(H,31,32)/t23-/m0/s1. The van der Waals surface area contributed by atoms with Crippen molar-refractivity contribution in [1.82, 2.24) is 10.3 Å². The van der Waals surface area contributed by atoms with E-state index in [4.69, 9.17) is 4.74 Å². The molecule has 0 aliphatic heterocycles. The molecular weight excluding hydrogens is 496 g/mol. The highest BCUT2D eigenvalue weighted by Gasteiger charge is 2.44. The Hall–Kier alpha value is -3.19. The van der Waals surface area contributed by atoms with Crippen LogP contribution in [0, 0.1) is 0 Å². The lowest BCUT2D eigenvalue weighted by molar-refractivity contribution is -0.142. The van der Waals surface area contributed by atoms with Gasteiger partial charge in [0.1, 0.15) is 11.8 Å². The highest BCUT2D eigenvalue weighted by atomic mass is 79.9. The fourth-order valence-electron chi connectivity index (χ4n) is 4.73. The van der Waals surface area contributed by atoms with Crippen LogP contribution < -0.4 is 10.1 Å². The molecule has 2 N–H and O–H groups in total. The van der Waals surface area contributed by atoms with Gasteiger partial charge in [0, 0.05) is 28.9 Å². The minimum Gasteiger partial charge on any atom is -0.496 e. The third-order valence-electron chi connectivity index (χ3n) is 6.56. The van der Waals surface area contributed by atoms with Crippen molar-refractivity contribution < 1.29 is 19.4 Å². The van der Waals surface area contributed by atoms with Crippen molar-refractivity contribution in [1.29, 1.82) is 0 Å². The zero-order valence-electron chi connectivity index (χ0n) is 19.0. The molecule has 3 aromatic rings. The molecule has 1 aliphatic rings.